The van der Waals surface area contributed by atoms with Crippen molar-refractivity contribution in [1.82, 2.24) is 4.98 Å². The van der Waals surface area contributed by atoms with Gasteiger partial charge in [0.2, 0.25) is 5.88 Å². The topological polar surface area (TPSA) is 45.9 Å². The summed E-state index contributed by atoms with van der Waals surface area (Å²) in [7, 11) is 0. The second-order valence-corrected chi connectivity index (χ2v) is 5.22. The van der Waals surface area contributed by atoms with Gasteiger partial charge >= 0.3 is 0 Å². The van der Waals surface area contributed by atoms with Gasteiger partial charge in [-0.15, -0.1) is 0 Å². The van der Waals surface area contributed by atoms with Crippen molar-refractivity contribution >= 4 is 11.6 Å². The average molecular weight is 343 g/mol. The molecule has 3 nitrogen and oxygen atoms in total. The first kappa shape index (κ1) is 15.9. The summed E-state index contributed by atoms with van der Waals surface area (Å²) in [5, 5.41) is 9.66. The monoisotopic (exact) mass is 342 g/mol. The van der Waals surface area contributed by atoms with Crippen LogP contribution in [0.3, 0.4) is 0 Å². The molecule has 0 atom stereocenters. The molecule has 1 aromatic heterocycles. The summed E-state index contributed by atoms with van der Waals surface area (Å²) in [6, 6.07) is 15.0. The zero-order chi connectivity index (χ0) is 17.1. The molecular formula is C18H9ClF2N2O. The smallest absolute Gasteiger partial charge is 0.237 e. The Morgan fingerprint density at radius 2 is 1.83 bits per heavy atom. The molecule has 0 aliphatic heterocycles. The Hall–Kier alpha value is -2.97. The van der Waals surface area contributed by atoms with Gasteiger partial charge in [-0.25, -0.2) is 13.8 Å². The van der Waals surface area contributed by atoms with E-state index in [9.17, 15) is 14.0 Å². The van der Waals surface area contributed by atoms with Crippen LogP contribution >= 0.6 is 11.6 Å². The molecule has 0 saturated heterocycles. The highest BCUT2D eigenvalue weighted by molar-refractivity contribution is 6.33. The van der Waals surface area contributed by atoms with Crippen LogP contribution in [0.2, 0.25) is 5.02 Å². The molecule has 0 radical (unpaired) electrons. The van der Waals surface area contributed by atoms with E-state index in [4.69, 9.17) is 16.3 Å². The van der Waals surface area contributed by atoms with Crippen molar-refractivity contribution in [2.24, 2.45) is 0 Å². The highest BCUT2D eigenvalue weighted by Gasteiger charge is 2.14. The third kappa shape index (κ3) is 3.19. The van der Waals surface area contributed by atoms with Crippen LogP contribution in [0.5, 0.6) is 11.6 Å². The molecule has 0 saturated carbocycles. The van der Waals surface area contributed by atoms with Crippen LogP contribution in [0.4, 0.5) is 8.78 Å². The minimum absolute atomic E-state index is 0.0829. The quantitative estimate of drug-likeness (QED) is 0.645. The minimum Gasteiger partial charge on any atom is -0.435 e. The van der Waals surface area contributed by atoms with Crippen molar-refractivity contribution in [2.75, 3.05) is 0 Å². The summed E-state index contributed by atoms with van der Waals surface area (Å²) in [5.41, 5.74) is 1.24. The Morgan fingerprint density at radius 3 is 2.54 bits per heavy atom. The molecule has 0 aliphatic carbocycles. The Bertz CT molecular complexity index is 954. The molecule has 0 bridgehead atoms. The largest absolute Gasteiger partial charge is 0.435 e. The second-order valence-electron chi connectivity index (χ2n) is 4.82. The van der Waals surface area contributed by atoms with E-state index in [2.05, 4.69) is 4.98 Å². The molecule has 0 amide bonds. The maximum absolute atomic E-state index is 13.8. The molecule has 118 valence electrons. The van der Waals surface area contributed by atoms with Gasteiger partial charge in [0.15, 0.2) is 11.6 Å². The van der Waals surface area contributed by atoms with Crippen LogP contribution in [0, 0.1) is 23.0 Å². The number of hydrogen-bond acceptors (Lipinski definition) is 3. The predicted molar refractivity (Wildman–Crippen MR) is 85.8 cm³/mol. The number of benzene rings is 2. The third-order valence-electron chi connectivity index (χ3n) is 3.23. The lowest BCUT2D eigenvalue weighted by molar-refractivity contribution is 0.423. The molecule has 6 heteroatoms. The van der Waals surface area contributed by atoms with Crippen LogP contribution in [0.1, 0.15) is 5.56 Å². The lowest BCUT2D eigenvalue weighted by Crippen LogP contribution is -1.96. The summed E-state index contributed by atoms with van der Waals surface area (Å²) in [5.74, 6) is -1.92. The molecule has 3 rings (SSSR count). The van der Waals surface area contributed by atoms with Gasteiger partial charge < -0.3 is 4.74 Å². The van der Waals surface area contributed by atoms with E-state index in [1.165, 1.54) is 6.07 Å². The Labute approximate surface area is 141 Å². The maximum atomic E-state index is 13.8. The molecule has 0 unspecified atom stereocenters. The van der Waals surface area contributed by atoms with E-state index in [1.54, 1.807) is 30.3 Å². The first-order valence-electron chi connectivity index (χ1n) is 6.87. The van der Waals surface area contributed by atoms with E-state index in [1.807, 2.05) is 6.07 Å². The van der Waals surface area contributed by atoms with Crippen LogP contribution in [-0.2, 0) is 0 Å². The number of hydrogen-bond donors (Lipinski definition) is 0. The predicted octanol–water partition coefficient (Wildman–Crippen LogP) is 5.34. The van der Waals surface area contributed by atoms with E-state index in [0.717, 1.165) is 12.1 Å². The van der Waals surface area contributed by atoms with Crippen LogP contribution < -0.4 is 4.74 Å². The van der Waals surface area contributed by atoms with Gasteiger partial charge in [0.25, 0.3) is 0 Å². The number of aromatic nitrogens is 1. The van der Waals surface area contributed by atoms with Gasteiger partial charge in [-0.3, -0.25) is 0 Å². The molecule has 2 aromatic carbocycles. The van der Waals surface area contributed by atoms with Gasteiger partial charge in [-0.2, -0.15) is 5.26 Å². The highest BCUT2D eigenvalue weighted by atomic mass is 35.5. The Balaban J connectivity index is 2.05. The van der Waals surface area contributed by atoms with E-state index >= 15 is 0 Å². The molecule has 24 heavy (non-hydrogen) atoms. The van der Waals surface area contributed by atoms with Gasteiger partial charge in [-0.05, 0) is 30.3 Å². The standard InChI is InChI=1S/C18H9ClF2N2O/c19-14-4-2-1-3-13(14)16-7-5-11(10-22)18(23-16)24-17-8-6-12(20)9-15(17)21/h1-9H. The van der Waals surface area contributed by atoms with Gasteiger partial charge in [0.1, 0.15) is 17.4 Å². The third-order valence-corrected chi connectivity index (χ3v) is 3.56. The molecular weight excluding hydrogens is 334 g/mol. The number of halogens is 3. The zero-order valence-corrected chi connectivity index (χ0v) is 12.9. The van der Waals surface area contributed by atoms with Crippen LogP contribution in [0.25, 0.3) is 11.3 Å². The molecule has 3 aromatic rings. The molecule has 1 heterocycles. The molecule has 0 N–H and O–H groups in total. The summed E-state index contributed by atoms with van der Waals surface area (Å²) >= 11 is 6.14. The Morgan fingerprint density at radius 1 is 1.04 bits per heavy atom. The van der Waals surface area contributed by atoms with Gasteiger partial charge in [-0.1, -0.05) is 29.8 Å². The van der Waals surface area contributed by atoms with Crippen molar-refractivity contribution in [2.45, 2.75) is 0 Å². The SMILES string of the molecule is N#Cc1ccc(-c2ccccc2Cl)nc1Oc1ccc(F)cc1F. The summed E-state index contributed by atoms with van der Waals surface area (Å²) in [6.45, 7) is 0. The first-order chi connectivity index (χ1) is 11.6. The van der Waals surface area contributed by atoms with Crippen LogP contribution in [0.15, 0.2) is 54.6 Å². The number of pyridine rings is 1. The summed E-state index contributed by atoms with van der Waals surface area (Å²) < 4.78 is 32.1. The van der Waals surface area contributed by atoms with Crippen molar-refractivity contribution in [3.8, 4) is 29.0 Å². The zero-order valence-electron chi connectivity index (χ0n) is 12.1. The maximum Gasteiger partial charge on any atom is 0.237 e. The van der Waals surface area contributed by atoms with Crippen LogP contribution in [-0.4, -0.2) is 4.98 Å². The second kappa shape index (κ2) is 6.65. The normalized spacial score (nSPS) is 10.2. The van der Waals surface area contributed by atoms with Crippen molar-refractivity contribution in [3.63, 3.8) is 0 Å². The lowest BCUT2D eigenvalue weighted by atomic mass is 10.1. The molecule has 0 spiro atoms. The van der Waals surface area contributed by atoms with E-state index < -0.39 is 11.6 Å². The van der Waals surface area contributed by atoms with Crippen molar-refractivity contribution < 1.29 is 13.5 Å². The van der Waals surface area contributed by atoms with Gasteiger partial charge in [0, 0.05) is 16.7 Å². The number of nitriles is 1. The van der Waals surface area contributed by atoms with E-state index in [-0.39, 0.29) is 17.2 Å². The summed E-state index contributed by atoms with van der Waals surface area (Å²) in [4.78, 5) is 4.24. The number of nitrogens with zero attached hydrogens (tertiary/aromatic N) is 2. The number of rotatable bonds is 3. The fourth-order valence-electron chi connectivity index (χ4n) is 2.08. The Kier molecular flexibility index (Phi) is 4.41. The highest BCUT2D eigenvalue weighted by Crippen LogP contribution is 2.31. The minimum atomic E-state index is -0.885. The fraction of sp³-hybridized carbons (Fsp3) is 0. The van der Waals surface area contributed by atoms with Crippen molar-refractivity contribution in [1.29, 1.82) is 5.26 Å². The summed E-state index contributed by atoms with van der Waals surface area (Å²) in [6.07, 6.45) is 0. The molecule has 0 fully saturated rings. The van der Waals surface area contributed by atoms with E-state index in [0.29, 0.717) is 22.3 Å². The molecule has 0 aliphatic rings. The lowest BCUT2D eigenvalue weighted by Gasteiger charge is -2.10. The first-order valence-corrected chi connectivity index (χ1v) is 7.25. The van der Waals surface area contributed by atoms with Gasteiger partial charge in [0.05, 0.1) is 5.69 Å². The average Bonchev–Trinajstić information content (AvgIpc) is 2.58. The van der Waals surface area contributed by atoms with Crippen molar-refractivity contribution in [3.05, 3.63) is 76.8 Å². The fourth-order valence-corrected chi connectivity index (χ4v) is 2.32. The number of ether oxygens (including phenoxy) is 1.